The Hall–Kier alpha value is -2.22. The van der Waals surface area contributed by atoms with Crippen LogP contribution in [0.4, 0.5) is 5.69 Å². The normalized spacial score (nSPS) is 11.2. The molecule has 0 aliphatic carbocycles. The molecule has 19 heavy (non-hydrogen) atoms. The summed E-state index contributed by atoms with van der Waals surface area (Å²) in [6.45, 7) is 1.73. The molecule has 1 aromatic carbocycles. The quantitative estimate of drug-likeness (QED) is 0.896. The predicted octanol–water partition coefficient (Wildman–Crippen LogP) is 0.864. The van der Waals surface area contributed by atoms with Crippen molar-refractivity contribution in [2.45, 2.75) is 18.2 Å². The van der Waals surface area contributed by atoms with Crippen LogP contribution in [0.1, 0.15) is 13.3 Å². The molecule has 1 heterocycles. The molecule has 100 valence electrons. The van der Waals surface area contributed by atoms with E-state index in [4.69, 9.17) is 0 Å². The van der Waals surface area contributed by atoms with Gasteiger partial charge in [0.25, 0.3) is 10.0 Å². The maximum atomic E-state index is 12.1. The first kappa shape index (κ1) is 13.2. The maximum absolute atomic E-state index is 12.1. The number of amides is 1. The zero-order valence-electron chi connectivity index (χ0n) is 10.1. The van der Waals surface area contributed by atoms with Gasteiger partial charge in [-0.15, -0.1) is 9.19 Å². The number of hydrogen-bond donors (Lipinski definition) is 1. The topological polar surface area (TPSA) is 94.0 Å². The van der Waals surface area contributed by atoms with Gasteiger partial charge < -0.3 is 5.32 Å². The molecule has 7 nitrogen and oxygen atoms in total. The van der Waals surface area contributed by atoms with Crippen molar-refractivity contribution < 1.29 is 13.2 Å². The summed E-state index contributed by atoms with van der Waals surface area (Å²) in [5.41, 5.74) is 0.546. The molecule has 1 aromatic heterocycles. The van der Waals surface area contributed by atoms with E-state index in [0.29, 0.717) is 12.1 Å². The van der Waals surface area contributed by atoms with Gasteiger partial charge in [0.2, 0.25) is 5.91 Å². The molecule has 0 saturated heterocycles. The highest BCUT2D eigenvalue weighted by atomic mass is 32.2. The van der Waals surface area contributed by atoms with Crippen molar-refractivity contribution in [1.82, 2.24) is 14.2 Å². The molecule has 0 unspecified atom stereocenters. The van der Waals surface area contributed by atoms with Gasteiger partial charge in [-0.3, -0.25) is 4.79 Å². The van der Waals surface area contributed by atoms with E-state index in [2.05, 4.69) is 15.4 Å². The average molecular weight is 280 g/mol. The predicted molar refractivity (Wildman–Crippen MR) is 68.0 cm³/mol. The lowest BCUT2D eigenvalue weighted by Gasteiger charge is -2.06. The Morgan fingerprint density at radius 2 is 2.00 bits per heavy atom. The Bertz CT molecular complexity index is 662. The molecular formula is C11H12N4O3S. The SMILES string of the molecule is CCC(=O)Nc1ccc(S(=O)(=O)n2cncn2)cc1. The van der Waals surface area contributed by atoms with Gasteiger partial charge >= 0.3 is 0 Å². The van der Waals surface area contributed by atoms with Gasteiger partial charge in [-0.1, -0.05) is 6.92 Å². The minimum atomic E-state index is -3.72. The molecule has 1 N–H and O–H groups in total. The van der Waals surface area contributed by atoms with Gasteiger partial charge in [0.05, 0.1) is 4.90 Å². The van der Waals surface area contributed by atoms with Crippen LogP contribution in [0.5, 0.6) is 0 Å². The Labute approximate surface area is 110 Å². The fourth-order valence-corrected chi connectivity index (χ4v) is 2.43. The van der Waals surface area contributed by atoms with E-state index in [1.54, 1.807) is 6.92 Å². The van der Waals surface area contributed by atoms with Gasteiger partial charge in [0.15, 0.2) is 0 Å². The number of anilines is 1. The van der Waals surface area contributed by atoms with Crippen molar-refractivity contribution in [3.63, 3.8) is 0 Å². The van der Waals surface area contributed by atoms with Gasteiger partial charge in [0.1, 0.15) is 12.7 Å². The molecule has 0 spiro atoms. The second-order valence-corrected chi connectivity index (χ2v) is 5.49. The smallest absolute Gasteiger partial charge is 0.284 e. The second-order valence-electron chi connectivity index (χ2n) is 3.70. The van der Waals surface area contributed by atoms with Gasteiger partial charge in [-0.05, 0) is 24.3 Å². The van der Waals surface area contributed by atoms with Crippen LogP contribution in [0.3, 0.4) is 0 Å². The van der Waals surface area contributed by atoms with Crippen molar-refractivity contribution in [3.8, 4) is 0 Å². The summed E-state index contributed by atoms with van der Waals surface area (Å²) in [6, 6.07) is 5.86. The number of carbonyl (C=O) groups is 1. The lowest BCUT2D eigenvalue weighted by Crippen LogP contribution is -2.14. The first-order valence-corrected chi connectivity index (χ1v) is 6.98. The molecule has 2 rings (SSSR count). The highest BCUT2D eigenvalue weighted by molar-refractivity contribution is 7.89. The molecule has 0 aliphatic rings. The molecule has 1 amide bonds. The Balaban J connectivity index is 2.26. The second kappa shape index (κ2) is 5.19. The van der Waals surface area contributed by atoms with Crippen LogP contribution in [-0.2, 0) is 14.8 Å². The van der Waals surface area contributed by atoms with Crippen LogP contribution in [0.2, 0.25) is 0 Å². The highest BCUT2D eigenvalue weighted by Gasteiger charge is 2.17. The Morgan fingerprint density at radius 1 is 1.32 bits per heavy atom. The third kappa shape index (κ3) is 2.79. The number of carbonyl (C=O) groups excluding carboxylic acids is 1. The van der Waals surface area contributed by atoms with Crippen LogP contribution in [0.25, 0.3) is 0 Å². The van der Waals surface area contributed by atoms with E-state index in [9.17, 15) is 13.2 Å². The molecule has 0 atom stereocenters. The summed E-state index contributed by atoms with van der Waals surface area (Å²) < 4.78 is 24.9. The maximum Gasteiger partial charge on any atom is 0.284 e. The first-order chi connectivity index (χ1) is 9.04. The number of nitrogens with zero attached hydrogens (tertiary/aromatic N) is 3. The third-order valence-corrected chi connectivity index (χ3v) is 3.95. The lowest BCUT2D eigenvalue weighted by atomic mass is 10.3. The van der Waals surface area contributed by atoms with E-state index in [1.165, 1.54) is 24.3 Å². The fourth-order valence-electron chi connectivity index (χ4n) is 1.39. The zero-order chi connectivity index (χ0) is 13.9. The first-order valence-electron chi connectivity index (χ1n) is 5.54. The number of nitrogens with one attached hydrogen (secondary N) is 1. The lowest BCUT2D eigenvalue weighted by molar-refractivity contribution is -0.115. The van der Waals surface area contributed by atoms with E-state index in [0.717, 1.165) is 16.7 Å². The van der Waals surface area contributed by atoms with Crippen LogP contribution in [0, 0.1) is 0 Å². The Kier molecular flexibility index (Phi) is 3.61. The van der Waals surface area contributed by atoms with Crippen LogP contribution in [-0.4, -0.2) is 28.5 Å². The zero-order valence-corrected chi connectivity index (χ0v) is 11.0. The van der Waals surface area contributed by atoms with Crippen molar-refractivity contribution in [2.24, 2.45) is 0 Å². The summed E-state index contributed by atoms with van der Waals surface area (Å²) >= 11 is 0. The van der Waals surface area contributed by atoms with Gasteiger partial charge in [0, 0.05) is 12.1 Å². The fraction of sp³-hybridized carbons (Fsp3) is 0.182. The molecule has 0 radical (unpaired) electrons. The number of benzene rings is 1. The molecule has 2 aromatic rings. The number of hydrogen-bond acceptors (Lipinski definition) is 5. The van der Waals surface area contributed by atoms with E-state index < -0.39 is 10.0 Å². The van der Waals surface area contributed by atoms with Crippen LogP contribution < -0.4 is 5.32 Å². The van der Waals surface area contributed by atoms with Gasteiger partial charge in [-0.2, -0.15) is 8.42 Å². The summed E-state index contributed by atoms with van der Waals surface area (Å²) in [5.74, 6) is -0.133. The van der Waals surface area contributed by atoms with Gasteiger partial charge in [-0.25, -0.2) is 4.98 Å². The third-order valence-electron chi connectivity index (χ3n) is 2.40. The van der Waals surface area contributed by atoms with Crippen molar-refractivity contribution in [1.29, 1.82) is 0 Å². The molecule has 0 saturated carbocycles. The average Bonchev–Trinajstić information content (AvgIpc) is 2.94. The summed E-state index contributed by atoms with van der Waals surface area (Å²) in [7, 11) is -3.72. The number of rotatable bonds is 4. The molecule has 0 bridgehead atoms. The molecular weight excluding hydrogens is 268 g/mol. The van der Waals surface area contributed by atoms with E-state index in [-0.39, 0.29) is 10.8 Å². The largest absolute Gasteiger partial charge is 0.326 e. The minimum absolute atomic E-state index is 0.0764. The monoisotopic (exact) mass is 280 g/mol. The van der Waals surface area contributed by atoms with Crippen LogP contribution in [0.15, 0.2) is 41.8 Å². The Morgan fingerprint density at radius 3 is 2.53 bits per heavy atom. The molecule has 0 aliphatic heterocycles. The molecule has 8 heteroatoms. The summed E-state index contributed by atoms with van der Waals surface area (Å²) in [5, 5.41) is 6.23. The van der Waals surface area contributed by atoms with E-state index in [1.807, 2.05) is 0 Å². The summed E-state index contributed by atoms with van der Waals surface area (Å²) in [6.07, 6.45) is 2.62. The van der Waals surface area contributed by atoms with Crippen molar-refractivity contribution >= 4 is 21.6 Å². The summed E-state index contributed by atoms with van der Waals surface area (Å²) in [4.78, 5) is 14.9. The van der Waals surface area contributed by atoms with Crippen molar-refractivity contribution in [3.05, 3.63) is 36.9 Å². The minimum Gasteiger partial charge on any atom is -0.326 e. The standard InChI is InChI=1S/C11H12N4O3S/c1-2-11(16)14-9-3-5-10(6-4-9)19(17,18)15-8-12-7-13-15/h3-8H,2H2,1H3,(H,14,16). The van der Waals surface area contributed by atoms with E-state index >= 15 is 0 Å². The van der Waals surface area contributed by atoms with Crippen molar-refractivity contribution in [2.75, 3.05) is 5.32 Å². The highest BCUT2D eigenvalue weighted by Crippen LogP contribution is 2.16. The van der Waals surface area contributed by atoms with Crippen LogP contribution >= 0.6 is 0 Å². The number of aromatic nitrogens is 3. The molecule has 0 fully saturated rings.